The molecule has 6 aromatic rings. The highest BCUT2D eigenvalue weighted by atomic mass is 16.5. The van der Waals surface area contributed by atoms with Gasteiger partial charge in [0.2, 0.25) is 0 Å². The van der Waals surface area contributed by atoms with E-state index < -0.39 is 0 Å². The summed E-state index contributed by atoms with van der Waals surface area (Å²) in [5, 5.41) is 2.52. The topological polar surface area (TPSA) is 41.9 Å². The van der Waals surface area contributed by atoms with Crippen LogP contribution in [0.15, 0.2) is 127 Å². The Labute approximate surface area is 329 Å². The third kappa shape index (κ3) is 12.8. The predicted octanol–water partition coefficient (Wildman–Crippen LogP) is 13.9. The standard InChI is InChI=1S/C50H61NO4/c1(5-9-23-37-52-43-27-15-13-16-28-43)3-7-11-25-39-54-49-36-35-42(51-47-33-21-19-31-45(47)46-32-20-22-34-48(46)51)41-50(49)55-40-26-12-8-4-2-6-10-24-38-53-44-29-17-14-18-30-44/h13-22,27-36,41H,1-12,23-26,37-40H2. The minimum atomic E-state index is 0.697. The minimum Gasteiger partial charge on any atom is -0.494 e. The van der Waals surface area contributed by atoms with Crippen LogP contribution in [0.4, 0.5) is 0 Å². The van der Waals surface area contributed by atoms with Crippen LogP contribution >= 0.6 is 0 Å². The number of fused-ring (bicyclic) bond motifs is 3. The number of aromatic nitrogens is 1. The molecular weight excluding hydrogens is 679 g/mol. The first kappa shape index (κ1) is 39.8. The maximum absolute atomic E-state index is 6.52. The average Bonchev–Trinajstić information content (AvgIpc) is 3.57. The van der Waals surface area contributed by atoms with Crippen molar-refractivity contribution in [3.8, 4) is 28.7 Å². The van der Waals surface area contributed by atoms with Crippen molar-refractivity contribution < 1.29 is 18.9 Å². The van der Waals surface area contributed by atoms with Crippen molar-refractivity contribution in [3.63, 3.8) is 0 Å². The molecule has 5 heteroatoms. The molecule has 0 N–H and O–H groups in total. The maximum Gasteiger partial charge on any atom is 0.163 e. The summed E-state index contributed by atoms with van der Waals surface area (Å²) < 4.78 is 26.9. The lowest BCUT2D eigenvalue weighted by molar-refractivity contribution is 0.258. The molecule has 5 aromatic carbocycles. The van der Waals surface area contributed by atoms with Crippen LogP contribution in [0.1, 0.15) is 103 Å². The molecule has 0 saturated carbocycles. The molecule has 6 rings (SSSR count). The molecule has 0 atom stereocenters. The first-order chi connectivity index (χ1) is 27.4. The first-order valence-electron chi connectivity index (χ1n) is 21.1. The summed E-state index contributed by atoms with van der Waals surface area (Å²) in [6, 6.07) is 44.0. The van der Waals surface area contributed by atoms with Gasteiger partial charge in [-0.05, 0) is 74.2 Å². The van der Waals surface area contributed by atoms with E-state index in [1.807, 2.05) is 60.7 Å². The molecular formula is C50H61NO4. The zero-order valence-electron chi connectivity index (χ0n) is 32.8. The zero-order valence-corrected chi connectivity index (χ0v) is 32.8. The number of benzene rings is 5. The molecule has 55 heavy (non-hydrogen) atoms. The van der Waals surface area contributed by atoms with Gasteiger partial charge in [0.15, 0.2) is 11.5 Å². The van der Waals surface area contributed by atoms with Crippen LogP contribution in [0.3, 0.4) is 0 Å². The lowest BCUT2D eigenvalue weighted by Crippen LogP contribution is -2.04. The number of unbranched alkanes of at least 4 members (excludes halogenated alkanes) is 14. The molecule has 0 radical (unpaired) electrons. The smallest absolute Gasteiger partial charge is 0.163 e. The lowest BCUT2D eigenvalue weighted by Gasteiger charge is -2.16. The van der Waals surface area contributed by atoms with Crippen LogP contribution in [-0.2, 0) is 0 Å². The molecule has 5 nitrogen and oxygen atoms in total. The molecule has 0 aliphatic carbocycles. The first-order valence-corrected chi connectivity index (χ1v) is 21.1. The minimum absolute atomic E-state index is 0.697. The third-order valence-corrected chi connectivity index (χ3v) is 10.4. The molecule has 0 unspecified atom stereocenters. The van der Waals surface area contributed by atoms with E-state index in [0.29, 0.717) is 13.2 Å². The van der Waals surface area contributed by atoms with Crippen LogP contribution in [0.5, 0.6) is 23.0 Å². The van der Waals surface area contributed by atoms with Gasteiger partial charge in [-0.1, -0.05) is 150 Å². The van der Waals surface area contributed by atoms with Crippen LogP contribution in [0.25, 0.3) is 27.5 Å². The Hall–Kier alpha value is -4.90. The Balaban J connectivity index is 0.924. The molecule has 290 valence electrons. The molecule has 0 fully saturated rings. The normalized spacial score (nSPS) is 11.3. The molecule has 0 aliphatic heterocycles. The van der Waals surface area contributed by atoms with Crippen LogP contribution < -0.4 is 18.9 Å². The largest absolute Gasteiger partial charge is 0.494 e. The van der Waals surface area contributed by atoms with Gasteiger partial charge in [0.1, 0.15) is 11.5 Å². The van der Waals surface area contributed by atoms with Crippen LogP contribution in [0.2, 0.25) is 0 Å². The Kier molecular flexibility index (Phi) is 16.7. The second kappa shape index (κ2) is 23.1. The van der Waals surface area contributed by atoms with E-state index in [1.54, 1.807) is 0 Å². The summed E-state index contributed by atoms with van der Waals surface area (Å²) in [4.78, 5) is 0. The van der Waals surface area contributed by atoms with Crippen LogP contribution in [0, 0.1) is 0 Å². The van der Waals surface area contributed by atoms with E-state index in [0.717, 1.165) is 67.6 Å². The van der Waals surface area contributed by atoms with Crippen LogP contribution in [-0.4, -0.2) is 31.0 Å². The monoisotopic (exact) mass is 739 g/mol. The summed E-state index contributed by atoms with van der Waals surface area (Å²) in [6.07, 6.45) is 19.4. The second-order valence-electron chi connectivity index (χ2n) is 14.7. The zero-order chi connectivity index (χ0) is 37.6. The average molecular weight is 740 g/mol. The van der Waals surface area contributed by atoms with Crippen molar-refractivity contribution in [2.24, 2.45) is 0 Å². The van der Waals surface area contributed by atoms with E-state index in [4.69, 9.17) is 18.9 Å². The molecule has 1 heterocycles. The van der Waals surface area contributed by atoms with Gasteiger partial charge in [0.25, 0.3) is 0 Å². The quantitative estimate of drug-likeness (QED) is 0.0493. The summed E-state index contributed by atoms with van der Waals surface area (Å²) >= 11 is 0. The maximum atomic E-state index is 6.52. The Bertz CT molecular complexity index is 1880. The van der Waals surface area contributed by atoms with Crippen molar-refractivity contribution in [1.82, 2.24) is 4.57 Å². The van der Waals surface area contributed by atoms with Gasteiger partial charge in [-0.2, -0.15) is 0 Å². The van der Waals surface area contributed by atoms with E-state index in [2.05, 4.69) is 71.3 Å². The Morgan fingerprint density at radius 1 is 0.309 bits per heavy atom. The Morgan fingerprint density at radius 2 is 0.673 bits per heavy atom. The molecule has 0 bridgehead atoms. The van der Waals surface area contributed by atoms with Crippen molar-refractivity contribution in [1.29, 1.82) is 0 Å². The molecule has 0 aliphatic rings. The number of nitrogens with zero attached hydrogens (tertiary/aromatic N) is 1. The van der Waals surface area contributed by atoms with Gasteiger partial charge in [0.05, 0.1) is 43.1 Å². The molecule has 0 amide bonds. The number of hydrogen-bond donors (Lipinski definition) is 0. The van der Waals surface area contributed by atoms with Gasteiger partial charge in [-0.3, -0.25) is 0 Å². The third-order valence-electron chi connectivity index (χ3n) is 10.4. The van der Waals surface area contributed by atoms with Gasteiger partial charge < -0.3 is 23.5 Å². The summed E-state index contributed by atoms with van der Waals surface area (Å²) in [6.45, 7) is 3.01. The van der Waals surface area contributed by atoms with E-state index >= 15 is 0 Å². The van der Waals surface area contributed by atoms with E-state index in [9.17, 15) is 0 Å². The van der Waals surface area contributed by atoms with Crippen molar-refractivity contribution in [2.75, 3.05) is 26.4 Å². The highest BCUT2D eigenvalue weighted by Crippen LogP contribution is 2.36. The van der Waals surface area contributed by atoms with Gasteiger partial charge in [-0.15, -0.1) is 0 Å². The van der Waals surface area contributed by atoms with E-state index in [-0.39, 0.29) is 0 Å². The fourth-order valence-corrected chi connectivity index (χ4v) is 7.38. The number of hydrogen-bond acceptors (Lipinski definition) is 4. The van der Waals surface area contributed by atoms with Crippen molar-refractivity contribution in [2.45, 2.75) is 103 Å². The number of ether oxygens (including phenoxy) is 4. The predicted molar refractivity (Wildman–Crippen MR) is 230 cm³/mol. The SMILES string of the molecule is c1ccc(OCCCCCCCCCCOc2ccc(-n3c4ccccc4c4ccccc43)cc2OCCCCCCCCCCOc2ccccc2)cc1. The Morgan fingerprint density at radius 3 is 1.13 bits per heavy atom. The van der Waals surface area contributed by atoms with Crippen molar-refractivity contribution >= 4 is 21.8 Å². The van der Waals surface area contributed by atoms with Crippen molar-refractivity contribution in [3.05, 3.63) is 127 Å². The molecule has 1 aromatic heterocycles. The number of para-hydroxylation sites is 4. The van der Waals surface area contributed by atoms with Gasteiger partial charge in [0, 0.05) is 16.8 Å². The summed E-state index contributed by atoms with van der Waals surface area (Å²) in [7, 11) is 0. The second-order valence-corrected chi connectivity index (χ2v) is 14.7. The van der Waals surface area contributed by atoms with Gasteiger partial charge >= 0.3 is 0 Å². The number of rotatable bonds is 27. The summed E-state index contributed by atoms with van der Waals surface area (Å²) in [5.74, 6) is 3.63. The lowest BCUT2D eigenvalue weighted by atomic mass is 10.1. The summed E-state index contributed by atoms with van der Waals surface area (Å²) in [5.41, 5.74) is 3.50. The highest BCUT2D eigenvalue weighted by Gasteiger charge is 2.14. The fraction of sp³-hybridized carbons (Fsp3) is 0.400. The highest BCUT2D eigenvalue weighted by molar-refractivity contribution is 6.09. The fourth-order valence-electron chi connectivity index (χ4n) is 7.38. The van der Waals surface area contributed by atoms with E-state index in [1.165, 1.54) is 98.9 Å². The molecule has 0 spiro atoms. The molecule has 0 saturated heterocycles. The van der Waals surface area contributed by atoms with Gasteiger partial charge in [-0.25, -0.2) is 0 Å².